The molecule has 0 radical (unpaired) electrons. The summed E-state index contributed by atoms with van der Waals surface area (Å²) in [5.41, 5.74) is 1.12. The molecule has 2 heterocycles. The van der Waals surface area contributed by atoms with E-state index in [-0.39, 0.29) is 17.9 Å². The molecule has 5 nitrogen and oxygen atoms in total. The Balaban J connectivity index is 1.55. The molecule has 2 fully saturated rings. The molecule has 1 aromatic carbocycles. The average Bonchev–Trinajstić information content (AvgIpc) is 2.89. The molecule has 1 amide bonds. The maximum Gasteiger partial charge on any atom is 0.410 e. The van der Waals surface area contributed by atoms with Crippen molar-refractivity contribution in [3.05, 3.63) is 29.8 Å². The van der Waals surface area contributed by atoms with E-state index in [1.54, 1.807) is 12.1 Å². The van der Waals surface area contributed by atoms with E-state index in [1.807, 2.05) is 17.0 Å². The highest BCUT2D eigenvalue weighted by molar-refractivity contribution is 5.70. The van der Waals surface area contributed by atoms with Gasteiger partial charge in [-0.25, -0.2) is 4.79 Å². The Morgan fingerprint density at radius 1 is 1.23 bits per heavy atom. The number of cyclic esters (lactones) is 1. The minimum Gasteiger partial charge on any atom is -0.508 e. The van der Waals surface area contributed by atoms with Gasteiger partial charge < -0.3 is 20.1 Å². The average molecular weight is 304 g/mol. The standard InChI is InChI=1S/C17H24N2O3/c20-16-3-1-14(2-4-16)11-15-12-22-17(21)19(15)10-7-13-5-8-18-9-6-13/h1-4,13,15,18,20H,5-12H2/t15-/m0/s1. The maximum atomic E-state index is 12.0. The van der Waals surface area contributed by atoms with Crippen molar-refractivity contribution in [2.24, 2.45) is 5.92 Å². The zero-order valence-electron chi connectivity index (χ0n) is 12.8. The van der Waals surface area contributed by atoms with Crippen molar-refractivity contribution in [2.75, 3.05) is 26.2 Å². The summed E-state index contributed by atoms with van der Waals surface area (Å²) in [6, 6.07) is 7.30. The summed E-state index contributed by atoms with van der Waals surface area (Å²) in [4.78, 5) is 13.8. The van der Waals surface area contributed by atoms with Gasteiger partial charge in [-0.1, -0.05) is 12.1 Å². The Morgan fingerprint density at radius 2 is 1.95 bits per heavy atom. The Labute approximate surface area is 131 Å². The van der Waals surface area contributed by atoms with E-state index in [9.17, 15) is 9.90 Å². The lowest BCUT2D eigenvalue weighted by molar-refractivity contribution is 0.154. The van der Waals surface area contributed by atoms with E-state index < -0.39 is 0 Å². The molecule has 0 bridgehead atoms. The van der Waals surface area contributed by atoms with Crippen molar-refractivity contribution in [1.29, 1.82) is 0 Å². The van der Waals surface area contributed by atoms with Gasteiger partial charge in [-0.05, 0) is 62.4 Å². The monoisotopic (exact) mass is 304 g/mol. The topological polar surface area (TPSA) is 61.8 Å². The van der Waals surface area contributed by atoms with Crippen molar-refractivity contribution in [2.45, 2.75) is 31.7 Å². The predicted molar refractivity (Wildman–Crippen MR) is 83.9 cm³/mol. The van der Waals surface area contributed by atoms with E-state index in [1.165, 1.54) is 12.8 Å². The highest BCUT2D eigenvalue weighted by Gasteiger charge is 2.33. The van der Waals surface area contributed by atoms with Crippen molar-refractivity contribution < 1.29 is 14.6 Å². The molecule has 1 aromatic rings. The molecule has 2 saturated heterocycles. The van der Waals surface area contributed by atoms with Crippen LogP contribution in [0.25, 0.3) is 0 Å². The lowest BCUT2D eigenvalue weighted by Crippen LogP contribution is -2.37. The summed E-state index contributed by atoms with van der Waals surface area (Å²) in [7, 11) is 0. The first kappa shape index (κ1) is 15.2. The van der Waals surface area contributed by atoms with Gasteiger partial charge >= 0.3 is 6.09 Å². The van der Waals surface area contributed by atoms with Gasteiger partial charge in [0.25, 0.3) is 0 Å². The first-order valence-corrected chi connectivity index (χ1v) is 8.14. The van der Waals surface area contributed by atoms with Gasteiger partial charge in [0.05, 0.1) is 6.04 Å². The Hall–Kier alpha value is -1.75. The first-order valence-electron chi connectivity index (χ1n) is 8.14. The van der Waals surface area contributed by atoms with Gasteiger partial charge in [0.2, 0.25) is 0 Å². The first-order chi connectivity index (χ1) is 10.7. The lowest BCUT2D eigenvalue weighted by Gasteiger charge is -2.26. The summed E-state index contributed by atoms with van der Waals surface area (Å²) in [5, 5.41) is 12.7. The Bertz CT molecular complexity index is 497. The predicted octanol–water partition coefficient (Wildman–Crippen LogP) is 2.15. The number of aromatic hydroxyl groups is 1. The summed E-state index contributed by atoms with van der Waals surface area (Å²) >= 11 is 0. The van der Waals surface area contributed by atoms with Gasteiger partial charge in [0.1, 0.15) is 12.4 Å². The molecular weight excluding hydrogens is 280 g/mol. The summed E-state index contributed by atoms with van der Waals surface area (Å²) < 4.78 is 5.24. The van der Waals surface area contributed by atoms with Gasteiger partial charge in [0, 0.05) is 6.54 Å². The fraction of sp³-hybridized carbons (Fsp3) is 0.588. The maximum absolute atomic E-state index is 12.0. The van der Waals surface area contributed by atoms with Crippen LogP contribution < -0.4 is 5.32 Å². The van der Waals surface area contributed by atoms with Gasteiger partial charge in [-0.3, -0.25) is 0 Å². The lowest BCUT2D eigenvalue weighted by atomic mass is 9.94. The quantitative estimate of drug-likeness (QED) is 0.875. The molecule has 0 aliphatic carbocycles. The van der Waals surface area contributed by atoms with Gasteiger partial charge in [-0.15, -0.1) is 0 Å². The molecule has 0 saturated carbocycles. The number of carbonyl (C=O) groups is 1. The molecule has 22 heavy (non-hydrogen) atoms. The molecule has 120 valence electrons. The number of rotatable bonds is 5. The molecule has 0 aromatic heterocycles. The van der Waals surface area contributed by atoms with Crippen LogP contribution in [-0.2, 0) is 11.2 Å². The summed E-state index contributed by atoms with van der Waals surface area (Å²) in [6.45, 7) is 3.43. The van der Waals surface area contributed by atoms with Crippen molar-refractivity contribution in [3.63, 3.8) is 0 Å². The van der Waals surface area contributed by atoms with Crippen LogP contribution in [0.5, 0.6) is 5.75 Å². The third-order valence-electron chi connectivity index (χ3n) is 4.72. The molecule has 2 aliphatic rings. The highest BCUT2D eigenvalue weighted by atomic mass is 16.6. The summed E-state index contributed by atoms with van der Waals surface area (Å²) in [5.74, 6) is 0.981. The molecule has 2 aliphatic heterocycles. The van der Waals surface area contributed by atoms with Crippen LogP contribution in [0, 0.1) is 5.92 Å². The second-order valence-corrected chi connectivity index (χ2v) is 6.28. The van der Waals surface area contributed by atoms with Crippen molar-refractivity contribution >= 4 is 6.09 Å². The normalized spacial score (nSPS) is 22.8. The van der Waals surface area contributed by atoms with E-state index in [2.05, 4.69) is 5.32 Å². The van der Waals surface area contributed by atoms with E-state index >= 15 is 0 Å². The Kier molecular flexibility index (Phi) is 4.83. The third-order valence-corrected chi connectivity index (χ3v) is 4.72. The molecule has 2 N–H and O–H groups in total. The van der Waals surface area contributed by atoms with Crippen LogP contribution >= 0.6 is 0 Å². The number of phenols is 1. The number of ether oxygens (including phenoxy) is 1. The smallest absolute Gasteiger partial charge is 0.410 e. The molecule has 1 atom stereocenters. The van der Waals surface area contributed by atoms with Crippen molar-refractivity contribution in [3.8, 4) is 5.75 Å². The molecule has 5 heteroatoms. The zero-order chi connectivity index (χ0) is 15.4. The van der Waals surface area contributed by atoms with Gasteiger partial charge in [-0.2, -0.15) is 0 Å². The van der Waals surface area contributed by atoms with Crippen LogP contribution in [0.3, 0.4) is 0 Å². The van der Waals surface area contributed by atoms with Crippen molar-refractivity contribution in [1.82, 2.24) is 10.2 Å². The minimum absolute atomic E-state index is 0.110. The minimum atomic E-state index is -0.183. The second-order valence-electron chi connectivity index (χ2n) is 6.28. The summed E-state index contributed by atoms with van der Waals surface area (Å²) in [6.07, 6.45) is 4.05. The second kappa shape index (κ2) is 7.01. The fourth-order valence-electron chi connectivity index (χ4n) is 3.33. The largest absolute Gasteiger partial charge is 0.508 e. The molecule has 0 unspecified atom stereocenters. The van der Waals surface area contributed by atoms with Crippen LogP contribution in [0.1, 0.15) is 24.8 Å². The molecular formula is C17H24N2O3. The third kappa shape index (κ3) is 3.71. The number of phenolic OH excluding ortho intramolecular Hbond substituents is 1. The molecule has 3 rings (SSSR count). The van der Waals surface area contributed by atoms with Gasteiger partial charge in [0.15, 0.2) is 0 Å². The number of nitrogens with one attached hydrogen (secondary N) is 1. The van der Waals surface area contributed by atoms with Crippen LogP contribution in [-0.4, -0.2) is 48.4 Å². The van der Waals surface area contributed by atoms with Crippen LogP contribution in [0.15, 0.2) is 24.3 Å². The fourth-order valence-corrected chi connectivity index (χ4v) is 3.33. The van der Waals surface area contributed by atoms with Crippen LogP contribution in [0.2, 0.25) is 0 Å². The van der Waals surface area contributed by atoms with E-state index in [0.717, 1.165) is 38.0 Å². The Morgan fingerprint density at radius 3 is 2.68 bits per heavy atom. The SMILES string of the molecule is O=C1OC[C@H](Cc2ccc(O)cc2)N1CCC1CCNCC1. The number of piperidine rings is 1. The number of carbonyl (C=O) groups excluding carboxylic acids is 1. The van der Waals surface area contributed by atoms with Crippen LogP contribution in [0.4, 0.5) is 4.79 Å². The molecule has 0 spiro atoms. The van der Waals surface area contributed by atoms with E-state index in [4.69, 9.17) is 4.74 Å². The van der Waals surface area contributed by atoms with E-state index in [0.29, 0.717) is 12.5 Å². The number of hydrogen-bond acceptors (Lipinski definition) is 4. The number of hydrogen-bond donors (Lipinski definition) is 2. The highest BCUT2D eigenvalue weighted by Crippen LogP contribution is 2.22. The zero-order valence-corrected chi connectivity index (χ0v) is 12.8. The number of amides is 1. The number of benzene rings is 1. The number of nitrogens with zero attached hydrogens (tertiary/aromatic N) is 1.